The lowest BCUT2D eigenvalue weighted by Crippen LogP contribution is -2.01. The lowest BCUT2D eigenvalue weighted by Gasteiger charge is -2.06. The summed E-state index contributed by atoms with van der Waals surface area (Å²) in [6.45, 7) is 0.392. The smallest absolute Gasteiger partial charge is 0.254 e. The Bertz CT molecular complexity index is 789. The van der Waals surface area contributed by atoms with Crippen LogP contribution in [0, 0.1) is 0 Å². The van der Waals surface area contributed by atoms with Crippen molar-refractivity contribution >= 4 is 11.6 Å². The maximum absolute atomic E-state index is 8.71. The molecular weight excluding hydrogens is 332 g/mol. The maximum atomic E-state index is 8.71. The molecule has 0 unspecified atom stereocenters. The molecule has 1 N–H and O–H groups in total. The molecule has 0 aliphatic rings. The lowest BCUT2D eigenvalue weighted by atomic mass is 10.2. The largest absolute Gasteiger partial charge is 0.491 e. The highest BCUT2D eigenvalue weighted by molar-refractivity contribution is 6.30. The third-order valence-electron chi connectivity index (χ3n) is 3.08. The molecule has 1 aromatic heterocycles. The van der Waals surface area contributed by atoms with E-state index in [0.29, 0.717) is 28.3 Å². The van der Waals surface area contributed by atoms with Gasteiger partial charge in [-0.2, -0.15) is 0 Å². The molecule has 0 atom stereocenters. The molecule has 7 heteroatoms. The first-order valence-corrected chi connectivity index (χ1v) is 7.67. The highest BCUT2D eigenvalue weighted by Crippen LogP contribution is 2.22. The van der Waals surface area contributed by atoms with Crippen molar-refractivity contribution in [3.05, 3.63) is 59.4 Å². The van der Waals surface area contributed by atoms with E-state index in [2.05, 4.69) is 10.2 Å². The maximum Gasteiger partial charge on any atom is 0.254 e. The topological polar surface area (TPSA) is 77.6 Å². The zero-order valence-electron chi connectivity index (χ0n) is 12.7. The predicted molar refractivity (Wildman–Crippen MR) is 88.1 cm³/mol. The van der Waals surface area contributed by atoms with Crippen LogP contribution in [0.5, 0.6) is 11.5 Å². The highest BCUT2D eigenvalue weighted by atomic mass is 35.5. The average Bonchev–Trinajstić information content (AvgIpc) is 3.08. The van der Waals surface area contributed by atoms with E-state index in [9.17, 15) is 0 Å². The lowest BCUT2D eigenvalue weighted by molar-refractivity contribution is 0.201. The van der Waals surface area contributed by atoms with Crippen LogP contribution >= 0.6 is 11.6 Å². The van der Waals surface area contributed by atoms with Gasteiger partial charge in [0.05, 0.1) is 6.61 Å². The summed E-state index contributed by atoms with van der Waals surface area (Å²) >= 11 is 5.95. The van der Waals surface area contributed by atoms with Crippen LogP contribution in [0.3, 0.4) is 0 Å². The van der Waals surface area contributed by atoms with Crippen LogP contribution in [0.15, 0.2) is 52.9 Å². The molecule has 124 valence electrons. The minimum absolute atomic E-state index is 0.0234. The van der Waals surface area contributed by atoms with Crippen LogP contribution in [-0.2, 0) is 6.61 Å². The SMILES string of the molecule is OCCOc1ccc(OCc2nnc(-c3cccc(Cl)c3)o2)cc1. The summed E-state index contributed by atoms with van der Waals surface area (Å²) in [5.74, 6) is 2.07. The Morgan fingerprint density at radius 1 is 1.00 bits per heavy atom. The normalized spacial score (nSPS) is 10.6. The van der Waals surface area contributed by atoms with Crippen molar-refractivity contribution < 1.29 is 19.0 Å². The van der Waals surface area contributed by atoms with Gasteiger partial charge in [0, 0.05) is 10.6 Å². The van der Waals surface area contributed by atoms with Crippen molar-refractivity contribution in [1.29, 1.82) is 0 Å². The van der Waals surface area contributed by atoms with Gasteiger partial charge in [-0.15, -0.1) is 10.2 Å². The molecular formula is C17H15ClN2O4. The molecule has 0 bridgehead atoms. The van der Waals surface area contributed by atoms with E-state index in [1.807, 2.05) is 12.1 Å². The van der Waals surface area contributed by atoms with Crippen LogP contribution in [0.2, 0.25) is 5.02 Å². The minimum atomic E-state index is -0.0234. The van der Waals surface area contributed by atoms with E-state index in [1.54, 1.807) is 36.4 Å². The molecule has 1 heterocycles. The number of hydrogen-bond donors (Lipinski definition) is 1. The molecule has 0 saturated carbocycles. The first-order valence-electron chi connectivity index (χ1n) is 7.29. The van der Waals surface area contributed by atoms with Gasteiger partial charge in [0.15, 0.2) is 6.61 Å². The predicted octanol–water partition coefficient (Wildman–Crippen LogP) is 3.34. The summed E-state index contributed by atoms with van der Waals surface area (Å²) in [6, 6.07) is 14.2. The molecule has 0 aliphatic carbocycles. The van der Waals surface area contributed by atoms with Gasteiger partial charge in [-0.3, -0.25) is 0 Å². The fourth-order valence-electron chi connectivity index (χ4n) is 1.99. The first-order chi connectivity index (χ1) is 11.7. The molecule has 0 fully saturated rings. The number of halogens is 1. The van der Waals surface area contributed by atoms with E-state index in [0.717, 1.165) is 5.56 Å². The van der Waals surface area contributed by atoms with Gasteiger partial charge in [0.1, 0.15) is 18.1 Å². The molecule has 0 saturated heterocycles. The molecule has 0 radical (unpaired) electrons. The second-order valence-electron chi connectivity index (χ2n) is 4.84. The summed E-state index contributed by atoms with van der Waals surface area (Å²) in [5.41, 5.74) is 0.756. The van der Waals surface area contributed by atoms with E-state index in [4.69, 9.17) is 30.6 Å². The quantitative estimate of drug-likeness (QED) is 0.707. The number of aliphatic hydroxyl groups excluding tert-OH is 1. The third-order valence-corrected chi connectivity index (χ3v) is 3.32. The Hall–Kier alpha value is -2.57. The van der Waals surface area contributed by atoms with Gasteiger partial charge in [0.2, 0.25) is 5.89 Å². The van der Waals surface area contributed by atoms with Crippen LogP contribution in [0.1, 0.15) is 5.89 Å². The van der Waals surface area contributed by atoms with Gasteiger partial charge in [-0.05, 0) is 42.5 Å². The van der Waals surface area contributed by atoms with E-state index < -0.39 is 0 Å². The summed E-state index contributed by atoms with van der Waals surface area (Å²) in [7, 11) is 0. The minimum Gasteiger partial charge on any atom is -0.491 e. The van der Waals surface area contributed by atoms with Crippen molar-refractivity contribution in [2.24, 2.45) is 0 Å². The zero-order chi connectivity index (χ0) is 16.8. The number of aromatic nitrogens is 2. The Labute approximate surface area is 143 Å². The Kier molecular flexibility index (Phi) is 5.30. The molecule has 0 spiro atoms. The number of hydrogen-bond acceptors (Lipinski definition) is 6. The van der Waals surface area contributed by atoms with Crippen LogP contribution in [-0.4, -0.2) is 28.5 Å². The Morgan fingerprint density at radius 3 is 2.46 bits per heavy atom. The molecule has 24 heavy (non-hydrogen) atoms. The van der Waals surface area contributed by atoms with Crippen LogP contribution in [0.25, 0.3) is 11.5 Å². The fraction of sp³-hybridized carbons (Fsp3) is 0.176. The van der Waals surface area contributed by atoms with Crippen molar-refractivity contribution in [2.75, 3.05) is 13.2 Å². The molecule has 0 aliphatic heterocycles. The third kappa shape index (κ3) is 4.24. The van der Waals surface area contributed by atoms with Gasteiger partial charge < -0.3 is 19.0 Å². The van der Waals surface area contributed by atoms with Crippen molar-refractivity contribution in [2.45, 2.75) is 6.61 Å². The van der Waals surface area contributed by atoms with Crippen molar-refractivity contribution in [3.8, 4) is 23.0 Å². The monoisotopic (exact) mass is 346 g/mol. The molecule has 0 amide bonds. The molecule has 3 aromatic rings. The van der Waals surface area contributed by atoms with Crippen molar-refractivity contribution in [3.63, 3.8) is 0 Å². The highest BCUT2D eigenvalue weighted by Gasteiger charge is 2.09. The van der Waals surface area contributed by atoms with E-state index >= 15 is 0 Å². The summed E-state index contributed by atoms with van der Waals surface area (Å²) < 4.78 is 16.4. The summed E-state index contributed by atoms with van der Waals surface area (Å²) in [4.78, 5) is 0. The van der Waals surface area contributed by atoms with E-state index in [-0.39, 0.29) is 19.8 Å². The number of ether oxygens (including phenoxy) is 2. The van der Waals surface area contributed by atoms with Crippen LogP contribution < -0.4 is 9.47 Å². The first kappa shape index (κ1) is 16.3. The summed E-state index contributed by atoms with van der Waals surface area (Å²) in [6.07, 6.45) is 0. The van der Waals surface area contributed by atoms with E-state index in [1.165, 1.54) is 0 Å². The molecule has 6 nitrogen and oxygen atoms in total. The molecule has 3 rings (SSSR count). The van der Waals surface area contributed by atoms with Crippen LogP contribution in [0.4, 0.5) is 0 Å². The van der Waals surface area contributed by atoms with Gasteiger partial charge in [-0.1, -0.05) is 17.7 Å². The van der Waals surface area contributed by atoms with Gasteiger partial charge >= 0.3 is 0 Å². The summed E-state index contributed by atoms with van der Waals surface area (Å²) in [5, 5.41) is 17.3. The number of benzene rings is 2. The second kappa shape index (κ2) is 7.81. The van der Waals surface area contributed by atoms with Gasteiger partial charge in [0.25, 0.3) is 5.89 Å². The number of aliphatic hydroxyl groups is 1. The standard InChI is InChI=1S/C17H15ClN2O4/c18-13-3-1-2-12(10-13)17-20-19-16(24-17)11-23-15-6-4-14(5-7-15)22-9-8-21/h1-7,10,21H,8-9,11H2. The fourth-order valence-corrected chi connectivity index (χ4v) is 2.18. The zero-order valence-corrected chi connectivity index (χ0v) is 13.4. The average molecular weight is 347 g/mol. The number of nitrogens with zero attached hydrogens (tertiary/aromatic N) is 2. The number of rotatable bonds is 7. The molecule has 2 aromatic carbocycles. The van der Waals surface area contributed by atoms with Gasteiger partial charge in [-0.25, -0.2) is 0 Å². The van der Waals surface area contributed by atoms with Crippen molar-refractivity contribution in [1.82, 2.24) is 10.2 Å². The Morgan fingerprint density at radius 2 is 1.75 bits per heavy atom. The second-order valence-corrected chi connectivity index (χ2v) is 5.28. The Balaban J connectivity index is 1.59.